The van der Waals surface area contributed by atoms with E-state index < -0.39 is 0 Å². The Labute approximate surface area is 343 Å². The van der Waals surface area contributed by atoms with Gasteiger partial charge < -0.3 is 0 Å². The second kappa shape index (κ2) is 13.6. The normalized spacial score (nSPS) is 11.7. The Bertz CT molecular complexity index is 3350. The fourth-order valence-corrected chi connectivity index (χ4v) is 9.26. The van der Waals surface area contributed by atoms with Gasteiger partial charge in [-0.2, -0.15) is 9.97 Å². The van der Waals surface area contributed by atoms with Crippen LogP contribution in [0.2, 0.25) is 0 Å². The molecule has 2 heterocycles. The van der Waals surface area contributed by atoms with Crippen LogP contribution in [0.15, 0.2) is 170 Å². The van der Waals surface area contributed by atoms with E-state index in [-0.39, 0.29) is 0 Å². The fourth-order valence-electron chi connectivity index (χ4n) is 9.26. The molecule has 9 aromatic carbocycles. The van der Waals surface area contributed by atoms with Crippen molar-refractivity contribution in [1.29, 1.82) is 0 Å². The lowest BCUT2D eigenvalue weighted by atomic mass is 9.91. The summed E-state index contributed by atoms with van der Waals surface area (Å²) in [5.41, 5.74) is 13.5. The molecule has 0 fully saturated rings. The summed E-state index contributed by atoms with van der Waals surface area (Å²) in [5.74, 6) is 1.91. The summed E-state index contributed by atoms with van der Waals surface area (Å²) in [6, 6.07) is 61.7. The number of nitrogens with zero attached hydrogens (tertiary/aromatic N) is 4. The zero-order chi connectivity index (χ0) is 39.8. The lowest BCUT2D eigenvalue weighted by Crippen LogP contribution is -2.06. The molecule has 2 aromatic heterocycles. The van der Waals surface area contributed by atoms with Crippen LogP contribution in [0, 0.1) is 27.7 Å². The average molecular weight is 757 g/mol. The molecular weight excluding hydrogens is 717 g/mol. The van der Waals surface area contributed by atoms with E-state index in [1.165, 1.54) is 71.3 Å². The quantitative estimate of drug-likeness (QED) is 0.164. The Hall–Kier alpha value is -7.43. The third-order valence-electron chi connectivity index (χ3n) is 11.7. The van der Waals surface area contributed by atoms with Crippen LogP contribution in [0.4, 0.5) is 0 Å². The van der Waals surface area contributed by atoms with Crippen LogP contribution in [0.1, 0.15) is 22.3 Å². The van der Waals surface area contributed by atoms with E-state index in [1.54, 1.807) is 0 Å². The number of rotatable bonds is 5. The average Bonchev–Trinajstić information content (AvgIpc) is 3.59. The number of benzene rings is 9. The highest BCUT2D eigenvalue weighted by molar-refractivity contribution is 6.25. The first-order valence-corrected chi connectivity index (χ1v) is 20.3. The van der Waals surface area contributed by atoms with Crippen molar-refractivity contribution in [2.45, 2.75) is 27.7 Å². The van der Waals surface area contributed by atoms with Gasteiger partial charge in [-0.1, -0.05) is 138 Å². The molecule has 0 spiro atoms. The minimum absolute atomic E-state index is 0.598. The minimum atomic E-state index is 0.598. The molecule has 0 bridgehead atoms. The van der Waals surface area contributed by atoms with Crippen LogP contribution in [0.3, 0.4) is 0 Å². The van der Waals surface area contributed by atoms with Gasteiger partial charge in [0.15, 0.2) is 11.6 Å². The smallest absolute Gasteiger partial charge is 0.238 e. The summed E-state index contributed by atoms with van der Waals surface area (Å²) in [6.45, 7) is 8.48. The Kier molecular flexibility index (Phi) is 8.02. The molecule has 59 heavy (non-hydrogen) atoms. The van der Waals surface area contributed by atoms with Gasteiger partial charge in [0.2, 0.25) is 5.95 Å². The number of hydrogen-bond acceptors (Lipinski definition) is 3. The van der Waals surface area contributed by atoms with Crippen molar-refractivity contribution in [3.63, 3.8) is 0 Å². The van der Waals surface area contributed by atoms with Crippen molar-refractivity contribution in [1.82, 2.24) is 19.5 Å². The van der Waals surface area contributed by atoms with Gasteiger partial charge in [-0.15, -0.1) is 0 Å². The van der Waals surface area contributed by atoms with Crippen molar-refractivity contribution in [2.24, 2.45) is 0 Å². The van der Waals surface area contributed by atoms with Gasteiger partial charge in [0.05, 0.1) is 11.0 Å². The molecule has 280 valence electrons. The van der Waals surface area contributed by atoms with Gasteiger partial charge in [-0.25, -0.2) is 4.98 Å². The number of aromatic nitrogens is 4. The Morgan fingerprint density at radius 1 is 0.288 bits per heavy atom. The fraction of sp³-hybridized carbons (Fsp3) is 0.0727. The van der Waals surface area contributed by atoms with E-state index in [2.05, 4.69) is 202 Å². The molecule has 4 nitrogen and oxygen atoms in total. The predicted octanol–water partition coefficient (Wildman–Crippen LogP) is 14.3. The van der Waals surface area contributed by atoms with Crippen LogP contribution in [0.25, 0.3) is 105 Å². The predicted molar refractivity (Wildman–Crippen MR) is 247 cm³/mol. The molecule has 11 rings (SSSR count). The number of hydrogen-bond donors (Lipinski definition) is 0. The minimum Gasteiger partial charge on any atom is -0.278 e. The summed E-state index contributed by atoms with van der Waals surface area (Å²) in [6.07, 6.45) is 0. The van der Waals surface area contributed by atoms with Crippen molar-refractivity contribution in [2.75, 3.05) is 0 Å². The molecule has 0 N–H and O–H groups in total. The first kappa shape index (κ1) is 34.8. The monoisotopic (exact) mass is 756 g/mol. The van der Waals surface area contributed by atoms with E-state index in [9.17, 15) is 0 Å². The molecule has 0 aliphatic carbocycles. The third-order valence-corrected chi connectivity index (χ3v) is 11.7. The standard InChI is InChI=1S/C55H40N4/c1-33-24-34(2)27-41(26-33)53-56-54(42-28-35(3)25-36(4)29-42)58-55(57-53)59-51-19-10-9-18-48(51)50-32-40(21-23-52(50)59)38-13-11-12-37(30-38)39-20-22-47-45-16-6-5-14-43(45)44-15-7-8-17-46(44)49(47)31-39/h5-32H,1-4H3. The molecule has 0 saturated carbocycles. The maximum atomic E-state index is 5.22. The molecule has 0 unspecified atom stereocenters. The zero-order valence-corrected chi connectivity index (χ0v) is 33.5. The van der Waals surface area contributed by atoms with Crippen molar-refractivity contribution in [3.05, 3.63) is 192 Å². The second-order valence-electron chi connectivity index (χ2n) is 16.1. The van der Waals surface area contributed by atoms with Crippen LogP contribution in [0.5, 0.6) is 0 Å². The maximum Gasteiger partial charge on any atom is 0.238 e. The van der Waals surface area contributed by atoms with Crippen molar-refractivity contribution >= 4 is 54.1 Å². The molecule has 0 amide bonds. The Balaban J connectivity index is 1.06. The summed E-state index contributed by atoms with van der Waals surface area (Å²) in [7, 11) is 0. The van der Waals surface area contributed by atoms with Crippen LogP contribution in [-0.2, 0) is 0 Å². The molecule has 0 saturated heterocycles. The van der Waals surface area contributed by atoms with E-state index >= 15 is 0 Å². The number of aryl methyl sites for hydroxylation is 4. The summed E-state index contributed by atoms with van der Waals surface area (Å²) >= 11 is 0. The van der Waals surface area contributed by atoms with Gasteiger partial charge in [0, 0.05) is 21.9 Å². The molecule has 11 aromatic rings. The van der Waals surface area contributed by atoms with Crippen LogP contribution < -0.4 is 0 Å². The number of fused-ring (bicyclic) bond motifs is 9. The lowest BCUT2D eigenvalue weighted by molar-refractivity contribution is 0.952. The molecular formula is C55H40N4. The summed E-state index contributed by atoms with van der Waals surface area (Å²) in [5, 5.41) is 9.99. The molecule has 0 atom stereocenters. The highest BCUT2D eigenvalue weighted by Crippen LogP contribution is 2.39. The number of para-hydroxylation sites is 1. The molecule has 4 heteroatoms. The van der Waals surface area contributed by atoms with Crippen molar-refractivity contribution < 1.29 is 0 Å². The van der Waals surface area contributed by atoms with Crippen molar-refractivity contribution in [3.8, 4) is 51.0 Å². The van der Waals surface area contributed by atoms with E-state index in [4.69, 9.17) is 15.0 Å². The molecule has 0 aliphatic heterocycles. The van der Waals surface area contributed by atoms with Gasteiger partial charge >= 0.3 is 0 Å². The topological polar surface area (TPSA) is 43.6 Å². The summed E-state index contributed by atoms with van der Waals surface area (Å²) < 4.78 is 2.20. The lowest BCUT2D eigenvalue weighted by Gasteiger charge is -2.13. The second-order valence-corrected chi connectivity index (χ2v) is 16.1. The molecule has 0 radical (unpaired) electrons. The first-order chi connectivity index (χ1) is 28.8. The van der Waals surface area contributed by atoms with Crippen LogP contribution >= 0.6 is 0 Å². The largest absolute Gasteiger partial charge is 0.278 e. The Morgan fingerprint density at radius 3 is 1.27 bits per heavy atom. The Morgan fingerprint density at radius 2 is 0.712 bits per heavy atom. The highest BCUT2D eigenvalue weighted by Gasteiger charge is 2.19. The van der Waals surface area contributed by atoms with Gasteiger partial charge in [-0.05, 0) is 137 Å². The van der Waals surface area contributed by atoms with E-state index in [0.717, 1.165) is 38.5 Å². The van der Waals surface area contributed by atoms with Gasteiger partial charge in [0.25, 0.3) is 0 Å². The van der Waals surface area contributed by atoms with Gasteiger partial charge in [0.1, 0.15) is 0 Å². The first-order valence-electron chi connectivity index (χ1n) is 20.3. The van der Waals surface area contributed by atoms with E-state index in [0.29, 0.717) is 17.6 Å². The SMILES string of the molecule is Cc1cc(C)cc(-c2nc(-c3cc(C)cc(C)c3)nc(-n3c4ccccc4c4cc(-c5cccc(-c6ccc7c8ccccc8c8ccccc8c7c6)c5)ccc43)n2)c1. The maximum absolute atomic E-state index is 5.22. The summed E-state index contributed by atoms with van der Waals surface area (Å²) in [4.78, 5) is 15.5. The van der Waals surface area contributed by atoms with Crippen LogP contribution in [-0.4, -0.2) is 19.5 Å². The zero-order valence-electron chi connectivity index (χ0n) is 33.5. The van der Waals surface area contributed by atoms with Gasteiger partial charge in [-0.3, -0.25) is 4.57 Å². The molecule has 0 aliphatic rings. The third kappa shape index (κ3) is 5.95. The highest BCUT2D eigenvalue weighted by atomic mass is 15.2. The van der Waals surface area contributed by atoms with E-state index in [1.807, 2.05) is 0 Å².